The highest BCUT2D eigenvalue weighted by Gasteiger charge is 2.45. The van der Waals surface area contributed by atoms with Crippen LogP contribution in [0.25, 0.3) is 0 Å². The van der Waals surface area contributed by atoms with Crippen LogP contribution in [0.2, 0.25) is 0 Å². The average molecular weight is 321 g/mol. The number of rotatable bonds is 3. The molecule has 1 heterocycles. The van der Waals surface area contributed by atoms with Crippen LogP contribution in [-0.2, 0) is 4.74 Å². The fraction of sp³-hybridized carbons (Fsp3) is 0.846. The number of hydrogen-bond donors (Lipinski definition) is 8. The minimum Gasteiger partial charge on any atom is -0.392 e. The highest BCUT2D eigenvalue weighted by Crippen LogP contribution is 2.24. The first-order chi connectivity index (χ1) is 10.3. The smallest absolute Gasteiger partial charge is 0.183 e. The summed E-state index contributed by atoms with van der Waals surface area (Å²) in [7, 11) is 0. The lowest BCUT2D eigenvalue weighted by atomic mass is 9.86. The Bertz CT molecular complexity index is 419. The molecule has 0 amide bonds. The first kappa shape index (κ1) is 17.7. The molecule has 8 N–H and O–H groups in total. The van der Waals surface area contributed by atoms with Gasteiger partial charge >= 0.3 is 0 Å². The summed E-state index contributed by atoms with van der Waals surface area (Å²) in [5, 5.41) is 70.6. The van der Waals surface area contributed by atoms with Crippen molar-refractivity contribution in [3.8, 4) is 0 Å². The van der Waals surface area contributed by atoms with Crippen molar-refractivity contribution in [1.29, 1.82) is 0 Å². The van der Waals surface area contributed by atoms with Crippen molar-refractivity contribution in [2.75, 3.05) is 6.61 Å². The van der Waals surface area contributed by atoms with Crippen LogP contribution in [-0.4, -0.2) is 97.4 Å². The molecular weight excluding hydrogens is 298 g/mol. The van der Waals surface area contributed by atoms with E-state index in [-0.39, 0.29) is 5.57 Å². The van der Waals surface area contributed by atoms with E-state index in [9.17, 15) is 35.7 Å². The van der Waals surface area contributed by atoms with Gasteiger partial charge in [0.1, 0.15) is 30.5 Å². The highest BCUT2D eigenvalue weighted by atomic mass is 16.6. The molecule has 0 saturated carbocycles. The number of hydrogen-bond acceptors (Lipinski definition) is 9. The SMILES string of the molecule is CC1OC(O)C(O)C(O)C1NC1C=C(CO)C(O)C(O)C1O. The van der Waals surface area contributed by atoms with E-state index in [1.165, 1.54) is 6.08 Å². The molecule has 0 aromatic heterocycles. The van der Waals surface area contributed by atoms with Crippen LogP contribution < -0.4 is 5.32 Å². The molecule has 22 heavy (non-hydrogen) atoms. The average Bonchev–Trinajstić information content (AvgIpc) is 2.49. The van der Waals surface area contributed by atoms with Gasteiger partial charge in [-0.05, 0) is 12.5 Å². The minimum absolute atomic E-state index is 0.134. The monoisotopic (exact) mass is 321 g/mol. The van der Waals surface area contributed by atoms with Crippen molar-refractivity contribution in [3.63, 3.8) is 0 Å². The molecule has 9 atom stereocenters. The van der Waals surface area contributed by atoms with Gasteiger partial charge in [0, 0.05) is 0 Å². The topological polar surface area (TPSA) is 163 Å². The minimum atomic E-state index is -1.52. The molecule has 0 radical (unpaired) electrons. The van der Waals surface area contributed by atoms with Crippen molar-refractivity contribution >= 4 is 0 Å². The second kappa shape index (κ2) is 6.87. The summed E-state index contributed by atoms with van der Waals surface area (Å²) < 4.78 is 5.08. The van der Waals surface area contributed by atoms with Gasteiger partial charge in [-0.25, -0.2) is 0 Å². The van der Waals surface area contributed by atoms with E-state index >= 15 is 0 Å². The quantitative estimate of drug-likeness (QED) is 0.241. The van der Waals surface area contributed by atoms with Crippen molar-refractivity contribution < 1.29 is 40.5 Å². The van der Waals surface area contributed by atoms with Crippen LogP contribution in [0.1, 0.15) is 6.92 Å². The highest BCUT2D eigenvalue weighted by molar-refractivity contribution is 5.22. The fourth-order valence-electron chi connectivity index (χ4n) is 2.84. The second-order valence-corrected chi connectivity index (χ2v) is 5.76. The van der Waals surface area contributed by atoms with Crippen molar-refractivity contribution in [2.45, 2.75) is 61.9 Å². The van der Waals surface area contributed by atoms with Crippen LogP contribution in [0.5, 0.6) is 0 Å². The van der Waals surface area contributed by atoms with Crippen molar-refractivity contribution in [2.24, 2.45) is 0 Å². The number of nitrogens with one attached hydrogen (secondary N) is 1. The fourth-order valence-corrected chi connectivity index (χ4v) is 2.84. The van der Waals surface area contributed by atoms with Gasteiger partial charge in [-0.1, -0.05) is 6.08 Å². The predicted octanol–water partition coefficient (Wildman–Crippen LogP) is -4.21. The summed E-state index contributed by atoms with van der Waals surface area (Å²) in [5.41, 5.74) is 0.134. The molecule has 1 aliphatic heterocycles. The lowest BCUT2D eigenvalue weighted by molar-refractivity contribution is -0.254. The van der Waals surface area contributed by atoms with Crippen molar-refractivity contribution in [3.05, 3.63) is 11.6 Å². The maximum Gasteiger partial charge on any atom is 0.183 e. The Labute approximate surface area is 127 Å². The van der Waals surface area contributed by atoms with Crippen LogP contribution in [0.3, 0.4) is 0 Å². The van der Waals surface area contributed by atoms with Gasteiger partial charge in [-0.15, -0.1) is 0 Å². The van der Waals surface area contributed by atoms with Crippen LogP contribution in [0.4, 0.5) is 0 Å². The molecule has 9 nitrogen and oxygen atoms in total. The first-order valence-corrected chi connectivity index (χ1v) is 7.09. The molecule has 1 aliphatic carbocycles. The summed E-state index contributed by atoms with van der Waals surface area (Å²) in [6, 6.07) is -1.72. The van der Waals surface area contributed by atoms with Gasteiger partial charge < -0.3 is 45.8 Å². The normalized spacial score (nSPS) is 49.8. The van der Waals surface area contributed by atoms with Gasteiger partial charge in [0.2, 0.25) is 0 Å². The Balaban J connectivity index is 2.16. The summed E-state index contributed by atoms with van der Waals surface area (Å²) in [4.78, 5) is 0. The third-order valence-corrected chi connectivity index (χ3v) is 4.25. The van der Waals surface area contributed by atoms with Gasteiger partial charge in [-0.3, -0.25) is 0 Å². The lowest BCUT2D eigenvalue weighted by Gasteiger charge is -2.43. The molecule has 0 aromatic rings. The molecule has 1 fully saturated rings. The first-order valence-electron chi connectivity index (χ1n) is 7.09. The Morgan fingerprint density at radius 1 is 1.00 bits per heavy atom. The Morgan fingerprint density at radius 2 is 1.64 bits per heavy atom. The molecule has 128 valence electrons. The van der Waals surface area contributed by atoms with Crippen molar-refractivity contribution in [1.82, 2.24) is 5.32 Å². The van der Waals surface area contributed by atoms with Gasteiger partial charge in [0.05, 0.1) is 24.8 Å². The largest absolute Gasteiger partial charge is 0.392 e. The van der Waals surface area contributed by atoms with Crippen LogP contribution in [0, 0.1) is 0 Å². The maximum atomic E-state index is 10.0. The maximum absolute atomic E-state index is 10.0. The van der Waals surface area contributed by atoms with E-state index in [0.29, 0.717) is 0 Å². The standard InChI is InChI=1S/C13H23NO8/c1-4-7(10(18)12(20)13(21)22-4)14-6-2-5(3-15)8(16)11(19)9(6)17/h2,4,6-21H,3H2,1H3. The lowest BCUT2D eigenvalue weighted by Crippen LogP contribution is -2.66. The van der Waals surface area contributed by atoms with E-state index in [4.69, 9.17) is 4.74 Å². The summed E-state index contributed by atoms with van der Waals surface area (Å²) in [6.07, 6.45) is -7.99. The third kappa shape index (κ3) is 3.18. The molecule has 9 heteroatoms. The van der Waals surface area contributed by atoms with Gasteiger partial charge in [0.25, 0.3) is 0 Å². The Morgan fingerprint density at radius 3 is 2.23 bits per heavy atom. The molecule has 2 rings (SSSR count). The molecule has 2 aliphatic rings. The number of aliphatic hydroxyl groups is 7. The predicted molar refractivity (Wildman–Crippen MR) is 72.5 cm³/mol. The molecular formula is C13H23NO8. The zero-order chi connectivity index (χ0) is 16.6. The Kier molecular flexibility index (Phi) is 5.54. The van der Waals surface area contributed by atoms with E-state index in [0.717, 1.165) is 0 Å². The van der Waals surface area contributed by atoms with E-state index in [2.05, 4.69) is 5.32 Å². The molecule has 0 aromatic carbocycles. The van der Waals surface area contributed by atoms with Gasteiger partial charge in [0.15, 0.2) is 6.29 Å². The molecule has 9 unspecified atom stereocenters. The van der Waals surface area contributed by atoms with E-state index in [1.54, 1.807) is 6.92 Å². The summed E-state index contributed by atoms with van der Waals surface area (Å²) in [6.45, 7) is 1.07. The number of ether oxygens (including phenoxy) is 1. The van der Waals surface area contributed by atoms with Gasteiger partial charge in [-0.2, -0.15) is 0 Å². The summed E-state index contributed by atoms with van der Waals surface area (Å²) in [5.74, 6) is 0. The van der Waals surface area contributed by atoms with E-state index < -0.39 is 61.6 Å². The third-order valence-electron chi connectivity index (χ3n) is 4.25. The molecule has 0 bridgehead atoms. The second-order valence-electron chi connectivity index (χ2n) is 5.76. The van der Waals surface area contributed by atoms with Crippen LogP contribution in [0.15, 0.2) is 11.6 Å². The van der Waals surface area contributed by atoms with E-state index in [1.807, 2.05) is 0 Å². The zero-order valence-corrected chi connectivity index (χ0v) is 12.0. The number of aliphatic hydroxyl groups excluding tert-OH is 7. The molecule has 1 saturated heterocycles. The summed E-state index contributed by atoms with van der Waals surface area (Å²) >= 11 is 0. The zero-order valence-electron chi connectivity index (χ0n) is 12.0. The van der Waals surface area contributed by atoms with Crippen LogP contribution >= 0.6 is 0 Å². The molecule has 0 spiro atoms. The Hall–Kier alpha value is -0.620.